The molecule has 0 aliphatic rings. The number of benzene rings is 3. The van der Waals surface area contributed by atoms with E-state index in [1.165, 1.54) is 11.9 Å². The van der Waals surface area contributed by atoms with Crippen LogP contribution < -0.4 is 15.4 Å². The molecule has 0 saturated carbocycles. The smallest absolute Gasteiger partial charge is 0.255 e. The maximum Gasteiger partial charge on any atom is 0.255 e. The highest BCUT2D eigenvalue weighted by molar-refractivity contribution is 6.05. The lowest BCUT2D eigenvalue weighted by atomic mass is 10.1. The summed E-state index contributed by atoms with van der Waals surface area (Å²) >= 11 is 0. The van der Waals surface area contributed by atoms with Crippen molar-refractivity contribution in [2.24, 2.45) is 0 Å². The summed E-state index contributed by atoms with van der Waals surface area (Å²) in [7, 11) is 1.57. The number of aryl methyl sites for hydroxylation is 1. The molecule has 1 heterocycles. The summed E-state index contributed by atoms with van der Waals surface area (Å²) in [5.41, 5.74) is 4.90. The van der Waals surface area contributed by atoms with Crippen molar-refractivity contribution >= 4 is 23.1 Å². The van der Waals surface area contributed by atoms with E-state index in [-0.39, 0.29) is 5.91 Å². The Balaban J connectivity index is 1.53. The quantitative estimate of drug-likeness (QED) is 0.442. The summed E-state index contributed by atoms with van der Waals surface area (Å²) in [6.07, 6.45) is 1.53. The average molecular weight is 410 g/mol. The second kappa shape index (κ2) is 9.09. The third-order valence-electron chi connectivity index (χ3n) is 4.73. The molecule has 1 aromatic heterocycles. The van der Waals surface area contributed by atoms with Crippen LogP contribution in [0.5, 0.6) is 5.75 Å². The number of nitrogens with zero attached hydrogens (tertiary/aromatic N) is 2. The van der Waals surface area contributed by atoms with Crippen molar-refractivity contribution in [2.75, 3.05) is 17.7 Å². The minimum Gasteiger partial charge on any atom is -0.495 e. The van der Waals surface area contributed by atoms with Gasteiger partial charge < -0.3 is 15.4 Å². The number of carbonyl (C=O) groups excluding carboxylic acids is 1. The predicted octanol–water partition coefficient (Wildman–Crippen LogP) is 5.46. The van der Waals surface area contributed by atoms with Gasteiger partial charge in [-0.05, 0) is 43.3 Å². The first-order chi connectivity index (χ1) is 15.1. The summed E-state index contributed by atoms with van der Waals surface area (Å²) in [6, 6.07) is 24.6. The van der Waals surface area contributed by atoms with Crippen LogP contribution in [0.2, 0.25) is 0 Å². The van der Waals surface area contributed by atoms with Crippen molar-refractivity contribution in [3.8, 4) is 17.0 Å². The van der Waals surface area contributed by atoms with E-state index in [0.717, 1.165) is 16.9 Å². The second-order valence-corrected chi connectivity index (χ2v) is 7.02. The maximum atomic E-state index is 12.7. The van der Waals surface area contributed by atoms with Crippen LogP contribution in [0.1, 0.15) is 15.9 Å². The lowest BCUT2D eigenvalue weighted by Crippen LogP contribution is -2.12. The van der Waals surface area contributed by atoms with Crippen LogP contribution in [-0.2, 0) is 0 Å². The number of ether oxygens (including phenoxy) is 1. The van der Waals surface area contributed by atoms with E-state index in [4.69, 9.17) is 4.74 Å². The number of hydrogen-bond acceptors (Lipinski definition) is 5. The van der Waals surface area contributed by atoms with Crippen LogP contribution >= 0.6 is 0 Å². The first kappa shape index (κ1) is 20.1. The Morgan fingerprint density at radius 3 is 2.58 bits per heavy atom. The Hall–Kier alpha value is -4.19. The first-order valence-corrected chi connectivity index (χ1v) is 9.83. The van der Waals surface area contributed by atoms with Gasteiger partial charge in [-0.2, -0.15) is 0 Å². The molecule has 31 heavy (non-hydrogen) atoms. The van der Waals surface area contributed by atoms with E-state index >= 15 is 0 Å². The summed E-state index contributed by atoms with van der Waals surface area (Å²) < 4.78 is 5.30. The van der Waals surface area contributed by atoms with Gasteiger partial charge in [-0.15, -0.1) is 0 Å². The first-order valence-electron chi connectivity index (χ1n) is 9.83. The van der Waals surface area contributed by atoms with E-state index in [0.29, 0.717) is 22.8 Å². The summed E-state index contributed by atoms with van der Waals surface area (Å²) in [5, 5.41) is 6.14. The number of carbonyl (C=O) groups is 1. The average Bonchev–Trinajstić information content (AvgIpc) is 2.80. The molecule has 6 heteroatoms. The van der Waals surface area contributed by atoms with Gasteiger partial charge in [0.15, 0.2) is 0 Å². The third-order valence-corrected chi connectivity index (χ3v) is 4.73. The monoisotopic (exact) mass is 410 g/mol. The number of nitrogens with one attached hydrogen (secondary N) is 2. The molecular formula is C25H22N4O2. The van der Waals surface area contributed by atoms with Gasteiger partial charge in [0.2, 0.25) is 0 Å². The Morgan fingerprint density at radius 1 is 0.903 bits per heavy atom. The van der Waals surface area contributed by atoms with Crippen LogP contribution in [-0.4, -0.2) is 23.0 Å². The number of anilines is 3. The van der Waals surface area contributed by atoms with Crippen molar-refractivity contribution in [1.29, 1.82) is 0 Å². The van der Waals surface area contributed by atoms with Crippen molar-refractivity contribution < 1.29 is 9.53 Å². The fraction of sp³-hybridized carbons (Fsp3) is 0.0800. The minimum absolute atomic E-state index is 0.226. The van der Waals surface area contributed by atoms with Gasteiger partial charge in [-0.25, -0.2) is 9.97 Å². The topological polar surface area (TPSA) is 76.1 Å². The number of methoxy groups -OCH3 is 1. The second-order valence-electron chi connectivity index (χ2n) is 7.02. The zero-order valence-electron chi connectivity index (χ0n) is 17.3. The molecule has 0 fully saturated rings. The van der Waals surface area contributed by atoms with Crippen molar-refractivity contribution in [3.05, 3.63) is 96.3 Å². The van der Waals surface area contributed by atoms with Crippen LogP contribution in [0.15, 0.2) is 85.2 Å². The molecule has 0 unspecified atom stereocenters. The Kier molecular flexibility index (Phi) is 5.89. The molecular weight excluding hydrogens is 388 g/mol. The molecule has 0 aliphatic heterocycles. The zero-order valence-corrected chi connectivity index (χ0v) is 17.3. The van der Waals surface area contributed by atoms with E-state index in [2.05, 4.69) is 26.7 Å². The zero-order chi connectivity index (χ0) is 21.6. The summed E-state index contributed by atoms with van der Waals surface area (Å²) in [4.78, 5) is 21.4. The normalized spacial score (nSPS) is 10.4. The standard InChI is InChI=1S/C25H22N4O2/c1-17-7-5-8-18(13-17)22-15-24(27-16-26-22)28-20-10-6-9-19(14-20)25(30)29-21-11-3-4-12-23(21)31-2/h3-16H,1-2H3,(H,29,30)(H,26,27,28). The maximum absolute atomic E-state index is 12.7. The Morgan fingerprint density at radius 2 is 1.74 bits per heavy atom. The molecule has 0 spiro atoms. The largest absolute Gasteiger partial charge is 0.495 e. The number of para-hydroxylation sites is 2. The van der Waals surface area contributed by atoms with Gasteiger partial charge in [-0.1, -0.05) is 42.0 Å². The van der Waals surface area contributed by atoms with Gasteiger partial charge in [0.1, 0.15) is 17.9 Å². The molecule has 1 amide bonds. The van der Waals surface area contributed by atoms with E-state index in [9.17, 15) is 4.79 Å². The van der Waals surface area contributed by atoms with Crippen LogP contribution in [0, 0.1) is 6.92 Å². The molecule has 4 rings (SSSR count). The SMILES string of the molecule is COc1ccccc1NC(=O)c1cccc(Nc2cc(-c3cccc(C)c3)ncn2)c1. The van der Waals surface area contributed by atoms with E-state index in [1.54, 1.807) is 31.4 Å². The number of rotatable bonds is 6. The fourth-order valence-electron chi connectivity index (χ4n) is 3.22. The molecule has 0 radical (unpaired) electrons. The lowest BCUT2D eigenvalue weighted by molar-refractivity contribution is 0.102. The molecule has 0 atom stereocenters. The Labute approximate surface area is 181 Å². The van der Waals surface area contributed by atoms with Crippen LogP contribution in [0.3, 0.4) is 0 Å². The summed E-state index contributed by atoms with van der Waals surface area (Å²) in [6.45, 7) is 2.05. The molecule has 154 valence electrons. The van der Waals surface area contributed by atoms with Gasteiger partial charge in [0.25, 0.3) is 5.91 Å². The van der Waals surface area contributed by atoms with Crippen LogP contribution in [0.25, 0.3) is 11.3 Å². The number of amides is 1. The third kappa shape index (κ3) is 4.87. The lowest BCUT2D eigenvalue weighted by Gasteiger charge is -2.11. The Bertz CT molecular complexity index is 1220. The van der Waals surface area contributed by atoms with E-state index in [1.807, 2.05) is 55.5 Å². The molecule has 0 aliphatic carbocycles. The van der Waals surface area contributed by atoms with Gasteiger partial charge in [0, 0.05) is 22.9 Å². The highest BCUT2D eigenvalue weighted by Crippen LogP contribution is 2.25. The fourth-order valence-corrected chi connectivity index (χ4v) is 3.22. The highest BCUT2D eigenvalue weighted by Gasteiger charge is 2.10. The highest BCUT2D eigenvalue weighted by atomic mass is 16.5. The van der Waals surface area contributed by atoms with Crippen molar-refractivity contribution in [3.63, 3.8) is 0 Å². The van der Waals surface area contributed by atoms with Gasteiger partial charge in [-0.3, -0.25) is 4.79 Å². The van der Waals surface area contributed by atoms with Crippen LogP contribution in [0.4, 0.5) is 17.2 Å². The molecule has 3 aromatic carbocycles. The van der Waals surface area contributed by atoms with Crippen molar-refractivity contribution in [1.82, 2.24) is 9.97 Å². The summed E-state index contributed by atoms with van der Waals surface area (Å²) in [5.74, 6) is 1.03. The van der Waals surface area contributed by atoms with Gasteiger partial charge >= 0.3 is 0 Å². The molecule has 0 bridgehead atoms. The molecule has 2 N–H and O–H groups in total. The van der Waals surface area contributed by atoms with Crippen molar-refractivity contribution in [2.45, 2.75) is 6.92 Å². The molecule has 6 nitrogen and oxygen atoms in total. The number of aromatic nitrogens is 2. The van der Waals surface area contributed by atoms with Gasteiger partial charge in [0.05, 0.1) is 18.5 Å². The minimum atomic E-state index is -0.226. The molecule has 0 saturated heterocycles. The predicted molar refractivity (Wildman–Crippen MR) is 123 cm³/mol. The van der Waals surface area contributed by atoms with E-state index < -0.39 is 0 Å². The number of hydrogen-bond donors (Lipinski definition) is 2. The molecule has 4 aromatic rings.